The van der Waals surface area contributed by atoms with E-state index in [0.29, 0.717) is 17.9 Å². The van der Waals surface area contributed by atoms with Crippen molar-refractivity contribution in [2.45, 2.75) is 33.9 Å². The molecule has 0 spiro atoms. The van der Waals surface area contributed by atoms with E-state index in [0.717, 1.165) is 22.0 Å². The Morgan fingerprint density at radius 3 is 2.67 bits per heavy atom. The number of aromatic nitrogens is 1. The maximum absolute atomic E-state index is 12.4. The summed E-state index contributed by atoms with van der Waals surface area (Å²) in [6.45, 7) is 6.08. The van der Waals surface area contributed by atoms with Gasteiger partial charge in [-0.3, -0.25) is 9.59 Å². The Labute approximate surface area is 139 Å². The van der Waals surface area contributed by atoms with Crippen molar-refractivity contribution in [3.63, 3.8) is 0 Å². The molecule has 0 aliphatic carbocycles. The number of H-pyrrole nitrogens is 1. The zero-order valence-electron chi connectivity index (χ0n) is 14.1. The second-order valence-corrected chi connectivity index (χ2v) is 6.12. The number of carbonyl (C=O) groups is 1. The molecule has 1 amide bonds. The van der Waals surface area contributed by atoms with Gasteiger partial charge in [0.25, 0.3) is 5.56 Å². The highest BCUT2D eigenvalue weighted by Crippen LogP contribution is 2.19. The molecule has 5 heteroatoms. The number of hydrogen-bond donors (Lipinski definition) is 1. The largest absolute Gasteiger partial charge is 0.467 e. The average Bonchev–Trinajstić information content (AvgIpc) is 3.01. The van der Waals surface area contributed by atoms with Crippen LogP contribution in [0.15, 0.2) is 45.8 Å². The number of nitrogens with one attached hydrogen (secondary N) is 1. The van der Waals surface area contributed by atoms with E-state index in [2.05, 4.69) is 4.98 Å². The fourth-order valence-corrected chi connectivity index (χ4v) is 2.92. The van der Waals surface area contributed by atoms with E-state index < -0.39 is 0 Å². The van der Waals surface area contributed by atoms with Crippen LogP contribution in [0.3, 0.4) is 0 Å². The zero-order chi connectivity index (χ0) is 17.3. The average molecular weight is 324 g/mol. The lowest BCUT2D eigenvalue weighted by Gasteiger charge is -2.20. The smallest absolute Gasteiger partial charge is 0.253 e. The normalized spacial score (nSPS) is 11.0. The highest BCUT2D eigenvalue weighted by Gasteiger charge is 2.15. The van der Waals surface area contributed by atoms with Crippen LogP contribution in [0, 0.1) is 13.8 Å². The number of fused-ring (bicyclic) bond motifs is 1. The molecule has 2 aromatic heterocycles. The highest BCUT2D eigenvalue weighted by atomic mass is 16.3. The van der Waals surface area contributed by atoms with Gasteiger partial charge in [-0.25, -0.2) is 0 Å². The minimum atomic E-state index is -0.167. The van der Waals surface area contributed by atoms with E-state index in [1.807, 2.05) is 38.1 Å². The molecule has 0 aliphatic rings. The Morgan fingerprint density at radius 1 is 1.21 bits per heavy atom. The standard InChI is InChI=1S/C19H20N2O3/c1-12-7-13(2)18-15(8-12)9-16(19(23)20-18)10-21(14(3)22)11-17-5-4-6-24-17/h4-9H,10-11H2,1-3H3,(H,20,23). The van der Waals surface area contributed by atoms with Gasteiger partial charge in [-0.15, -0.1) is 0 Å². The number of furan rings is 1. The molecule has 0 radical (unpaired) electrons. The second kappa shape index (κ2) is 6.35. The van der Waals surface area contributed by atoms with Crippen LogP contribution in [-0.2, 0) is 17.9 Å². The molecule has 0 atom stereocenters. The third kappa shape index (κ3) is 3.25. The first-order valence-electron chi connectivity index (χ1n) is 7.85. The molecule has 3 aromatic rings. The van der Waals surface area contributed by atoms with Gasteiger partial charge in [-0.1, -0.05) is 11.6 Å². The lowest BCUT2D eigenvalue weighted by atomic mass is 10.1. The van der Waals surface area contributed by atoms with Crippen molar-refractivity contribution in [1.29, 1.82) is 0 Å². The van der Waals surface area contributed by atoms with Crippen molar-refractivity contribution in [1.82, 2.24) is 9.88 Å². The quantitative estimate of drug-likeness (QED) is 0.801. The SMILES string of the molecule is CC(=O)N(Cc1ccco1)Cc1cc2cc(C)cc(C)c2[nH]c1=O. The van der Waals surface area contributed by atoms with Crippen molar-refractivity contribution < 1.29 is 9.21 Å². The summed E-state index contributed by atoms with van der Waals surface area (Å²) in [6, 6.07) is 9.53. The molecule has 0 bridgehead atoms. The number of carbonyl (C=O) groups excluding carboxylic acids is 1. The van der Waals surface area contributed by atoms with Gasteiger partial charge >= 0.3 is 0 Å². The fraction of sp³-hybridized carbons (Fsp3) is 0.263. The van der Waals surface area contributed by atoms with Crippen LogP contribution < -0.4 is 5.56 Å². The number of aromatic amines is 1. The summed E-state index contributed by atoms with van der Waals surface area (Å²) in [5, 5.41) is 0.976. The van der Waals surface area contributed by atoms with E-state index in [4.69, 9.17) is 4.42 Å². The Bertz CT molecular complexity index is 939. The highest BCUT2D eigenvalue weighted by molar-refractivity contribution is 5.83. The van der Waals surface area contributed by atoms with Crippen LogP contribution in [0.25, 0.3) is 10.9 Å². The minimum absolute atomic E-state index is 0.105. The first-order valence-corrected chi connectivity index (χ1v) is 7.85. The van der Waals surface area contributed by atoms with Gasteiger partial charge in [0.15, 0.2) is 0 Å². The monoisotopic (exact) mass is 324 g/mol. The number of hydrogen-bond acceptors (Lipinski definition) is 3. The summed E-state index contributed by atoms with van der Waals surface area (Å²) in [4.78, 5) is 28.9. The maximum atomic E-state index is 12.4. The Balaban J connectivity index is 1.97. The van der Waals surface area contributed by atoms with Crippen LogP contribution in [0.4, 0.5) is 0 Å². The molecule has 0 aliphatic heterocycles. The van der Waals surface area contributed by atoms with Crippen molar-refractivity contribution in [2.24, 2.45) is 0 Å². The van der Waals surface area contributed by atoms with Gasteiger partial charge < -0.3 is 14.3 Å². The predicted molar refractivity (Wildman–Crippen MR) is 92.7 cm³/mol. The third-order valence-corrected chi connectivity index (χ3v) is 4.10. The van der Waals surface area contributed by atoms with Gasteiger partial charge in [0.1, 0.15) is 5.76 Å². The molecule has 2 heterocycles. The molecule has 1 aromatic carbocycles. The summed E-state index contributed by atoms with van der Waals surface area (Å²) < 4.78 is 5.30. The van der Waals surface area contributed by atoms with Crippen LogP contribution in [0.2, 0.25) is 0 Å². The number of aryl methyl sites for hydroxylation is 2. The van der Waals surface area contributed by atoms with Crippen LogP contribution in [0.1, 0.15) is 29.4 Å². The van der Waals surface area contributed by atoms with E-state index >= 15 is 0 Å². The minimum Gasteiger partial charge on any atom is -0.467 e. The second-order valence-electron chi connectivity index (χ2n) is 6.12. The molecular weight excluding hydrogens is 304 g/mol. The molecule has 3 rings (SSSR count). The third-order valence-electron chi connectivity index (χ3n) is 4.10. The molecule has 1 N–H and O–H groups in total. The lowest BCUT2D eigenvalue weighted by molar-refractivity contribution is -0.130. The molecule has 0 fully saturated rings. The maximum Gasteiger partial charge on any atom is 0.253 e. The molecule has 5 nitrogen and oxygen atoms in total. The number of pyridine rings is 1. The van der Waals surface area contributed by atoms with Crippen LogP contribution in [0.5, 0.6) is 0 Å². The summed E-state index contributed by atoms with van der Waals surface area (Å²) in [5.41, 5.74) is 3.41. The number of amides is 1. The van der Waals surface area contributed by atoms with Crippen molar-refractivity contribution >= 4 is 16.8 Å². The number of benzene rings is 1. The van der Waals surface area contributed by atoms with E-state index in [1.54, 1.807) is 17.2 Å². The molecular formula is C19H20N2O3. The zero-order valence-corrected chi connectivity index (χ0v) is 14.1. The van der Waals surface area contributed by atoms with Crippen LogP contribution >= 0.6 is 0 Å². The topological polar surface area (TPSA) is 66.3 Å². The van der Waals surface area contributed by atoms with E-state index in [1.165, 1.54) is 6.92 Å². The Kier molecular flexibility index (Phi) is 4.25. The Morgan fingerprint density at radius 2 is 2.00 bits per heavy atom. The summed E-state index contributed by atoms with van der Waals surface area (Å²) in [6.07, 6.45) is 1.57. The van der Waals surface area contributed by atoms with Gasteiger partial charge in [0, 0.05) is 12.5 Å². The van der Waals surface area contributed by atoms with Crippen molar-refractivity contribution in [3.8, 4) is 0 Å². The first kappa shape index (κ1) is 16.1. The van der Waals surface area contributed by atoms with Gasteiger partial charge in [-0.05, 0) is 49.1 Å². The molecule has 0 saturated heterocycles. The fourth-order valence-electron chi connectivity index (χ4n) is 2.92. The van der Waals surface area contributed by atoms with Gasteiger partial charge in [0.05, 0.1) is 24.9 Å². The molecule has 0 saturated carbocycles. The first-order chi connectivity index (χ1) is 11.4. The number of nitrogens with zero attached hydrogens (tertiary/aromatic N) is 1. The van der Waals surface area contributed by atoms with Crippen LogP contribution in [-0.4, -0.2) is 15.8 Å². The Hall–Kier alpha value is -2.82. The lowest BCUT2D eigenvalue weighted by Crippen LogP contribution is -2.30. The summed E-state index contributed by atoms with van der Waals surface area (Å²) in [7, 11) is 0. The summed E-state index contributed by atoms with van der Waals surface area (Å²) in [5.74, 6) is 0.584. The van der Waals surface area contributed by atoms with E-state index in [-0.39, 0.29) is 18.0 Å². The van der Waals surface area contributed by atoms with Gasteiger partial charge in [-0.2, -0.15) is 0 Å². The number of rotatable bonds is 4. The predicted octanol–water partition coefficient (Wildman–Crippen LogP) is 3.29. The van der Waals surface area contributed by atoms with Gasteiger partial charge in [0.2, 0.25) is 5.91 Å². The molecule has 124 valence electrons. The molecule has 0 unspecified atom stereocenters. The van der Waals surface area contributed by atoms with E-state index in [9.17, 15) is 9.59 Å². The molecule has 24 heavy (non-hydrogen) atoms. The summed E-state index contributed by atoms with van der Waals surface area (Å²) >= 11 is 0. The van der Waals surface area contributed by atoms with Crippen molar-refractivity contribution in [3.05, 3.63) is 69.4 Å². The van der Waals surface area contributed by atoms with Crippen molar-refractivity contribution in [2.75, 3.05) is 0 Å².